The minimum absolute atomic E-state index is 0.0709. The van der Waals surface area contributed by atoms with Crippen molar-refractivity contribution in [2.45, 2.75) is 57.8 Å². The van der Waals surface area contributed by atoms with Gasteiger partial charge in [0.15, 0.2) is 0 Å². The molecule has 1 saturated heterocycles. The molecule has 5 nitrogen and oxygen atoms in total. The standard InChI is InChI=1S/C21H32N2O3/c1-3-4-8-18-13-23(14-20(26-18)16-10-11-16)15-21(24)22-12-17-7-5-6-9-19(17)25-2/h5-7,9,16,18,20H,3-4,8,10-15H2,1-2H3,(H,22,24)/t18-,20-/m1/s1. The lowest BCUT2D eigenvalue weighted by molar-refractivity contribution is -0.129. The third-order valence-electron chi connectivity index (χ3n) is 5.33. The van der Waals surface area contributed by atoms with E-state index in [1.807, 2.05) is 24.3 Å². The van der Waals surface area contributed by atoms with Crippen LogP contribution >= 0.6 is 0 Å². The molecule has 1 aromatic carbocycles. The fourth-order valence-corrected chi connectivity index (χ4v) is 3.70. The highest BCUT2D eigenvalue weighted by Crippen LogP contribution is 2.37. The zero-order valence-corrected chi connectivity index (χ0v) is 16.1. The van der Waals surface area contributed by atoms with E-state index in [9.17, 15) is 4.79 Å². The van der Waals surface area contributed by atoms with Crippen molar-refractivity contribution in [3.05, 3.63) is 29.8 Å². The highest BCUT2D eigenvalue weighted by molar-refractivity contribution is 5.78. The van der Waals surface area contributed by atoms with E-state index in [1.54, 1.807) is 7.11 Å². The Morgan fingerprint density at radius 2 is 2.12 bits per heavy atom. The minimum atomic E-state index is 0.0709. The van der Waals surface area contributed by atoms with Gasteiger partial charge in [-0.3, -0.25) is 9.69 Å². The van der Waals surface area contributed by atoms with Crippen LogP contribution in [0.4, 0.5) is 0 Å². The van der Waals surface area contributed by atoms with Crippen molar-refractivity contribution < 1.29 is 14.3 Å². The number of nitrogens with zero attached hydrogens (tertiary/aromatic N) is 1. The van der Waals surface area contributed by atoms with Crippen molar-refractivity contribution in [1.29, 1.82) is 0 Å². The van der Waals surface area contributed by atoms with Crippen molar-refractivity contribution in [2.75, 3.05) is 26.7 Å². The maximum absolute atomic E-state index is 12.5. The second-order valence-electron chi connectivity index (χ2n) is 7.56. The summed E-state index contributed by atoms with van der Waals surface area (Å²) >= 11 is 0. The summed E-state index contributed by atoms with van der Waals surface area (Å²) in [7, 11) is 1.66. The van der Waals surface area contributed by atoms with Crippen LogP contribution in [0.15, 0.2) is 24.3 Å². The van der Waals surface area contributed by atoms with Crippen LogP contribution in [-0.2, 0) is 16.1 Å². The number of hydrogen-bond donors (Lipinski definition) is 1. The first kappa shape index (κ1) is 19.2. The predicted molar refractivity (Wildman–Crippen MR) is 102 cm³/mol. The second kappa shape index (κ2) is 9.38. The summed E-state index contributed by atoms with van der Waals surface area (Å²) in [5.41, 5.74) is 1.00. The largest absolute Gasteiger partial charge is 0.496 e. The lowest BCUT2D eigenvalue weighted by Gasteiger charge is -2.38. The highest BCUT2D eigenvalue weighted by Gasteiger charge is 2.38. The summed E-state index contributed by atoms with van der Waals surface area (Å²) in [6.45, 7) is 4.91. The molecule has 2 aliphatic rings. The third kappa shape index (κ3) is 5.45. The number of carbonyl (C=O) groups is 1. The Balaban J connectivity index is 1.50. The Hall–Kier alpha value is -1.59. The van der Waals surface area contributed by atoms with Gasteiger partial charge in [-0.05, 0) is 31.2 Å². The van der Waals surface area contributed by atoms with Crippen molar-refractivity contribution in [3.63, 3.8) is 0 Å². The summed E-state index contributed by atoms with van der Waals surface area (Å²) < 4.78 is 11.6. The first-order valence-electron chi connectivity index (χ1n) is 9.96. The molecule has 5 heteroatoms. The van der Waals surface area contributed by atoms with E-state index in [-0.39, 0.29) is 12.0 Å². The molecule has 0 aromatic heterocycles. The number of hydrogen-bond acceptors (Lipinski definition) is 4. The number of amides is 1. The molecule has 1 amide bonds. The van der Waals surface area contributed by atoms with Crippen LogP contribution in [0.1, 0.15) is 44.6 Å². The fraction of sp³-hybridized carbons (Fsp3) is 0.667. The van der Waals surface area contributed by atoms with Crippen LogP contribution in [0, 0.1) is 5.92 Å². The number of para-hydroxylation sites is 1. The molecular formula is C21H32N2O3. The first-order valence-corrected chi connectivity index (χ1v) is 9.96. The predicted octanol–water partition coefficient (Wildman–Crippen LogP) is 2.98. The van der Waals surface area contributed by atoms with Crippen molar-refractivity contribution in [2.24, 2.45) is 5.92 Å². The van der Waals surface area contributed by atoms with Crippen LogP contribution in [0.3, 0.4) is 0 Å². The van der Waals surface area contributed by atoms with Gasteiger partial charge in [-0.15, -0.1) is 0 Å². The number of unbranched alkanes of at least 4 members (excludes halogenated alkanes) is 1. The quantitative estimate of drug-likeness (QED) is 0.736. The van der Waals surface area contributed by atoms with Crippen molar-refractivity contribution in [3.8, 4) is 5.75 Å². The molecule has 1 aliphatic heterocycles. The Kier molecular flexibility index (Phi) is 6.92. The van der Waals surface area contributed by atoms with Gasteiger partial charge in [0.2, 0.25) is 5.91 Å². The Labute approximate surface area is 157 Å². The van der Waals surface area contributed by atoms with E-state index in [0.29, 0.717) is 25.1 Å². The average molecular weight is 360 g/mol. The molecule has 144 valence electrons. The topological polar surface area (TPSA) is 50.8 Å². The number of ether oxygens (including phenoxy) is 2. The maximum Gasteiger partial charge on any atom is 0.234 e. The lowest BCUT2D eigenvalue weighted by Crippen LogP contribution is -2.51. The van der Waals surface area contributed by atoms with Crippen molar-refractivity contribution >= 4 is 5.91 Å². The zero-order valence-electron chi connectivity index (χ0n) is 16.1. The fourth-order valence-electron chi connectivity index (χ4n) is 3.70. The average Bonchev–Trinajstić information content (AvgIpc) is 3.50. The van der Waals surface area contributed by atoms with E-state index in [1.165, 1.54) is 25.7 Å². The number of morpholine rings is 1. The molecule has 2 fully saturated rings. The monoisotopic (exact) mass is 360 g/mol. The van der Waals surface area contributed by atoms with E-state index >= 15 is 0 Å². The van der Waals surface area contributed by atoms with E-state index in [4.69, 9.17) is 9.47 Å². The molecule has 0 bridgehead atoms. The molecule has 0 radical (unpaired) electrons. The molecule has 26 heavy (non-hydrogen) atoms. The molecule has 1 aromatic rings. The zero-order chi connectivity index (χ0) is 18.4. The lowest BCUT2D eigenvalue weighted by atomic mass is 10.1. The van der Waals surface area contributed by atoms with Gasteiger partial charge in [0.1, 0.15) is 5.75 Å². The minimum Gasteiger partial charge on any atom is -0.496 e. The Morgan fingerprint density at radius 3 is 2.85 bits per heavy atom. The van der Waals surface area contributed by atoms with Gasteiger partial charge in [-0.2, -0.15) is 0 Å². The summed E-state index contributed by atoms with van der Waals surface area (Å²) in [5.74, 6) is 1.59. The Bertz CT molecular complexity index is 588. The Morgan fingerprint density at radius 1 is 1.31 bits per heavy atom. The normalized spacial score (nSPS) is 23.6. The van der Waals surface area contributed by atoms with Crippen molar-refractivity contribution in [1.82, 2.24) is 10.2 Å². The number of nitrogens with one attached hydrogen (secondary N) is 1. The van der Waals surface area contributed by atoms with Gasteiger partial charge in [0.05, 0.1) is 25.9 Å². The molecule has 1 heterocycles. The van der Waals surface area contributed by atoms with Crippen LogP contribution in [-0.4, -0.2) is 49.8 Å². The highest BCUT2D eigenvalue weighted by atomic mass is 16.5. The van der Waals surface area contributed by atoms with Crippen LogP contribution in [0.2, 0.25) is 0 Å². The van der Waals surface area contributed by atoms with E-state index < -0.39 is 0 Å². The summed E-state index contributed by atoms with van der Waals surface area (Å²) in [4.78, 5) is 14.7. The molecule has 2 atom stereocenters. The number of benzene rings is 1. The van der Waals surface area contributed by atoms with Gasteiger partial charge >= 0.3 is 0 Å². The summed E-state index contributed by atoms with van der Waals surface area (Å²) in [6, 6.07) is 7.80. The van der Waals surface area contributed by atoms with Gasteiger partial charge in [-0.1, -0.05) is 38.0 Å². The molecule has 1 saturated carbocycles. The molecule has 1 N–H and O–H groups in total. The first-order chi connectivity index (χ1) is 12.7. The molecule has 1 aliphatic carbocycles. The smallest absolute Gasteiger partial charge is 0.234 e. The molecular weight excluding hydrogens is 328 g/mol. The molecule has 3 rings (SSSR count). The third-order valence-corrected chi connectivity index (χ3v) is 5.33. The summed E-state index contributed by atoms with van der Waals surface area (Å²) in [6.07, 6.45) is 6.62. The summed E-state index contributed by atoms with van der Waals surface area (Å²) in [5, 5.41) is 3.04. The van der Waals surface area contributed by atoms with Gasteiger partial charge in [0.25, 0.3) is 0 Å². The maximum atomic E-state index is 12.5. The number of rotatable bonds is 9. The van der Waals surface area contributed by atoms with Gasteiger partial charge in [0, 0.05) is 25.2 Å². The molecule has 0 spiro atoms. The van der Waals surface area contributed by atoms with Crippen LogP contribution in [0.5, 0.6) is 5.75 Å². The second-order valence-corrected chi connectivity index (χ2v) is 7.56. The van der Waals surface area contributed by atoms with Crippen LogP contribution in [0.25, 0.3) is 0 Å². The van der Waals surface area contributed by atoms with Gasteiger partial charge in [-0.25, -0.2) is 0 Å². The van der Waals surface area contributed by atoms with E-state index in [2.05, 4.69) is 17.1 Å². The van der Waals surface area contributed by atoms with Crippen LogP contribution < -0.4 is 10.1 Å². The van der Waals surface area contributed by atoms with Gasteiger partial charge < -0.3 is 14.8 Å². The SMILES string of the molecule is CCCC[C@@H]1CN(CC(=O)NCc2ccccc2OC)C[C@H](C2CC2)O1. The number of methoxy groups -OCH3 is 1. The number of carbonyl (C=O) groups excluding carboxylic acids is 1. The molecule has 0 unspecified atom stereocenters. The van der Waals surface area contributed by atoms with E-state index in [0.717, 1.165) is 30.8 Å².